The summed E-state index contributed by atoms with van der Waals surface area (Å²) >= 11 is 0. The van der Waals surface area contributed by atoms with Gasteiger partial charge in [0.2, 0.25) is 5.91 Å². The molecular weight excluding hydrogens is 308 g/mol. The number of carbonyl (C=O) groups is 2. The predicted molar refractivity (Wildman–Crippen MR) is 92.8 cm³/mol. The minimum absolute atomic E-state index is 0.00945. The van der Waals surface area contributed by atoms with Gasteiger partial charge in [-0.2, -0.15) is 0 Å². The van der Waals surface area contributed by atoms with Crippen LogP contribution in [0.2, 0.25) is 0 Å². The molecule has 0 aliphatic carbocycles. The second kappa shape index (κ2) is 6.88. The molecule has 1 N–H and O–H groups in total. The van der Waals surface area contributed by atoms with E-state index in [4.69, 9.17) is 4.74 Å². The molecule has 2 unspecified atom stereocenters. The molecule has 2 aliphatic heterocycles. The second-order valence-electron chi connectivity index (χ2n) is 8.57. The van der Waals surface area contributed by atoms with Gasteiger partial charge in [-0.3, -0.25) is 4.79 Å². The molecule has 7 heteroatoms. The molecule has 0 spiro atoms. The fraction of sp³-hybridized carbons (Fsp3) is 0.882. The van der Waals surface area contributed by atoms with Crippen molar-refractivity contribution < 1.29 is 14.3 Å². The van der Waals surface area contributed by atoms with Crippen LogP contribution >= 0.6 is 0 Å². The van der Waals surface area contributed by atoms with Crippen molar-refractivity contribution in [2.75, 3.05) is 60.5 Å². The van der Waals surface area contributed by atoms with Crippen molar-refractivity contribution in [1.82, 2.24) is 20.0 Å². The number of ether oxygens (including phenoxy) is 1. The lowest BCUT2D eigenvalue weighted by atomic mass is 9.80. The van der Waals surface area contributed by atoms with E-state index in [0.29, 0.717) is 32.1 Å². The number of likely N-dealkylation sites (tertiary alicyclic amines) is 2. The third-order valence-corrected chi connectivity index (χ3v) is 4.78. The summed E-state index contributed by atoms with van der Waals surface area (Å²) in [4.78, 5) is 30.7. The molecule has 3 amide bonds. The number of carbonyl (C=O) groups excluding carboxylic acids is 2. The van der Waals surface area contributed by atoms with E-state index >= 15 is 0 Å². The van der Waals surface area contributed by atoms with Crippen molar-refractivity contribution in [2.45, 2.75) is 26.3 Å². The van der Waals surface area contributed by atoms with Crippen LogP contribution in [0.3, 0.4) is 0 Å². The summed E-state index contributed by atoms with van der Waals surface area (Å²) in [7, 11) is 5.63. The Bertz CT molecular complexity index is 489. The highest BCUT2D eigenvalue weighted by Gasteiger charge is 2.54. The minimum atomic E-state index is -0.246. The van der Waals surface area contributed by atoms with E-state index in [1.807, 2.05) is 44.7 Å². The number of methoxy groups -OCH3 is 1. The molecule has 0 bridgehead atoms. The van der Waals surface area contributed by atoms with Gasteiger partial charge >= 0.3 is 6.03 Å². The molecule has 24 heavy (non-hydrogen) atoms. The lowest BCUT2D eigenvalue weighted by molar-refractivity contribution is -0.134. The summed E-state index contributed by atoms with van der Waals surface area (Å²) in [5.74, 6) is 0.349. The van der Waals surface area contributed by atoms with Crippen LogP contribution in [-0.2, 0) is 9.53 Å². The summed E-state index contributed by atoms with van der Waals surface area (Å²) in [5, 5.41) is 3.05. The zero-order valence-electron chi connectivity index (χ0n) is 15.9. The zero-order valence-corrected chi connectivity index (χ0v) is 15.9. The number of rotatable bonds is 4. The highest BCUT2D eigenvalue weighted by atomic mass is 16.5. The molecule has 2 aliphatic rings. The van der Waals surface area contributed by atoms with Crippen molar-refractivity contribution in [3.05, 3.63) is 0 Å². The summed E-state index contributed by atoms with van der Waals surface area (Å²) < 4.78 is 4.99. The average molecular weight is 340 g/mol. The second-order valence-corrected chi connectivity index (χ2v) is 8.57. The van der Waals surface area contributed by atoms with Crippen LogP contribution in [0.25, 0.3) is 0 Å². The maximum Gasteiger partial charge on any atom is 0.317 e. The SMILES string of the molecule is COCC(=O)N1CC2CN(C(=O)NC(C)(C)C)CC2(CN(C)C)C1. The molecule has 2 saturated heterocycles. The Kier molecular flexibility index (Phi) is 5.44. The van der Waals surface area contributed by atoms with E-state index in [2.05, 4.69) is 10.2 Å². The molecule has 0 saturated carbocycles. The first-order valence-corrected chi connectivity index (χ1v) is 8.55. The normalized spacial score (nSPS) is 26.9. The Morgan fingerprint density at radius 1 is 1.21 bits per heavy atom. The highest BCUT2D eigenvalue weighted by molar-refractivity contribution is 5.78. The van der Waals surface area contributed by atoms with Gasteiger partial charge in [0.15, 0.2) is 0 Å². The number of amides is 3. The van der Waals surface area contributed by atoms with E-state index in [9.17, 15) is 9.59 Å². The van der Waals surface area contributed by atoms with Gasteiger partial charge in [-0.05, 0) is 34.9 Å². The Morgan fingerprint density at radius 3 is 2.33 bits per heavy atom. The fourth-order valence-electron chi connectivity index (χ4n) is 3.99. The van der Waals surface area contributed by atoms with Gasteiger partial charge in [-0.15, -0.1) is 0 Å². The van der Waals surface area contributed by atoms with Gasteiger partial charge in [0.05, 0.1) is 0 Å². The van der Waals surface area contributed by atoms with E-state index in [0.717, 1.165) is 6.54 Å². The molecule has 0 radical (unpaired) electrons. The monoisotopic (exact) mass is 340 g/mol. The number of nitrogens with zero attached hydrogens (tertiary/aromatic N) is 3. The maximum absolute atomic E-state index is 12.5. The van der Waals surface area contributed by atoms with Crippen LogP contribution in [0.4, 0.5) is 4.79 Å². The van der Waals surface area contributed by atoms with Crippen molar-refractivity contribution in [3.8, 4) is 0 Å². The van der Waals surface area contributed by atoms with Crippen LogP contribution in [0.15, 0.2) is 0 Å². The highest BCUT2D eigenvalue weighted by Crippen LogP contribution is 2.43. The third-order valence-electron chi connectivity index (χ3n) is 4.78. The van der Waals surface area contributed by atoms with Gasteiger partial charge in [-0.25, -0.2) is 4.79 Å². The zero-order chi connectivity index (χ0) is 18.1. The molecule has 2 fully saturated rings. The summed E-state index contributed by atoms with van der Waals surface area (Å²) in [6.07, 6.45) is 0. The van der Waals surface area contributed by atoms with Crippen molar-refractivity contribution in [3.63, 3.8) is 0 Å². The smallest absolute Gasteiger partial charge is 0.317 e. The number of nitrogens with one attached hydrogen (secondary N) is 1. The first-order chi connectivity index (χ1) is 11.1. The van der Waals surface area contributed by atoms with Crippen LogP contribution < -0.4 is 5.32 Å². The van der Waals surface area contributed by atoms with E-state index in [-0.39, 0.29) is 29.5 Å². The van der Waals surface area contributed by atoms with Crippen molar-refractivity contribution >= 4 is 11.9 Å². The maximum atomic E-state index is 12.5. The molecule has 2 atom stereocenters. The molecule has 138 valence electrons. The summed E-state index contributed by atoms with van der Waals surface area (Å²) in [6.45, 7) is 9.74. The molecule has 0 aromatic heterocycles. The van der Waals surface area contributed by atoms with Crippen LogP contribution in [0, 0.1) is 11.3 Å². The molecular formula is C17H32N4O3. The minimum Gasteiger partial charge on any atom is -0.375 e. The first-order valence-electron chi connectivity index (χ1n) is 8.55. The molecule has 2 rings (SSSR count). The molecule has 7 nitrogen and oxygen atoms in total. The molecule has 0 aromatic rings. The average Bonchev–Trinajstić information content (AvgIpc) is 2.89. The number of hydrogen-bond donors (Lipinski definition) is 1. The summed E-state index contributed by atoms with van der Waals surface area (Å²) in [6, 6.07) is -0.00945. The number of fused-ring (bicyclic) bond motifs is 1. The Hall–Kier alpha value is -1.34. The largest absolute Gasteiger partial charge is 0.375 e. The lowest BCUT2D eigenvalue weighted by Gasteiger charge is -2.32. The quantitative estimate of drug-likeness (QED) is 0.808. The van der Waals surface area contributed by atoms with E-state index in [1.165, 1.54) is 0 Å². The standard InChI is InChI=1S/C17H32N4O3/c1-16(2,3)18-15(23)21-8-13-7-20(14(22)9-24-6)11-17(13,12-21)10-19(4)5/h13H,7-12H2,1-6H3,(H,18,23). The van der Waals surface area contributed by atoms with E-state index in [1.54, 1.807) is 7.11 Å². The van der Waals surface area contributed by atoms with Gasteiger partial charge in [0.1, 0.15) is 6.61 Å². The Balaban J connectivity index is 2.10. The van der Waals surface area contributed by atoms with Gasteiger partial charge in [0, 0.05) is 56.7 Å². The topological polar surface area (TPSA) is 65.1 Å². The Labute approximate surface area is 145 Å². The van der Waals surface area contributed by atoms with Crippen LogP contribution in [0.1, 0.15) is 20.8 Å². The van der Waals surface area contributed by atoms with Gasteiger partial charge < -0.3 is 24.8 Å². The molecule has 0 aromatic carbocycles. The first kappa shape index (κ1) is 19.0. The molecule has 2 heterocycles. The van der Waals surface area contributed by atoms with Gasteiger partial charge in [-0.1, -0.05) is 0 Å². The third kappa shape index (κ3) is 4.19. The number of hydrogen-bond acceptors (Lipinski definition) is 4. The Morgan fingerprint density at radius 2 is 1.79 bits per heavy atom. The predicted octanol–water partition coefficient (Wildman–Crippen LogP) is 0.463. The van der Waals surface area contributed by atoms with Crippen LogP contribution in [-0.4, -0.2) is 92.7 Å². The van der Waals surface area contributed by atoms with Crippen molar-refractivity contribution in [2.24, 2.45) is 11.3 Å². The van der Waals surface area contributed by atoms with Crippen LogP contribution in [0.5, 0.6) is 0 Å². The van der Waals surface area contributed by atoms with Gasteiger partial charge in [0.25, 0.3) is 0 Å². The fourth-order valence-corrected chi connectivity index (χ4v) is 3.99. The number of urea groups is 1. The summed E-state index contributed by atoms with van der Waals surface area (Å²) in [5.41, 5.74) is -0.300. The lowest BCUT2D eigenvalue weighted by Crippen LogP contribution is -2.50. The van der Waals surface area contributed by atoms with Crippen molar-refractivity contribution in [1.29, 1.82) is 0 Å². The van der Waals surface area contributed by atoms with E-state index < -0.39 is 0 Å².